The van der Waals surface area contributed by atoms with E-state index in [1.165, 1.54) is 16.0 Å². The molecule has 0 spiro atoms. The summed E-state index contributed by atoms with van der Waals surface area (Å²) in [6.07, 6.45) is 2.18. The third-order valence-corrected chi connectivity index (χ3v) is 6.83. The van der Waals surface area contributed by atoms with Crippen LogP contribution in [0.5, 0.6) is 0 Å². The molecule has 1 atom stereocenters. The van der Waals surface area contributed by atoms with Crippen LogP contribution in [0.2, 0.25) is 0 Å². The number of aromatic amines is 1. The van der Waals surface area contributed by atoms with Gasteiger partial charge in [0.2, 0.25) is 0 Å². The van der Waals surface area contributed by atoms with Crippen molar-refractivity contribution >= 4 is 22.2 Å². The third-order valence-electron chi connectivity index (χ3n) is 5.91. The predicted octanol–water partition coefficient (Wildman–Crippen LogP) is 5.34. The number of aryl methyl sites for hydroxylation is 1. The highest BCUT2D eigenvalue weighted by atomic mass is 32.1. The lowest BCUT2D eigenvalue weighted by atomic mass is 9.96. The molecule has 152 valence electrons. The van der Waals surface area contributed by atoms with Gasteiger partial charge in [0, 0.05) is 23.9 Å². The van der Waals surface area contributed by atoms with Crippen LogP contribution in [0.4, 0.5) is 0 Å². The average Bonchev–Trinajstić information content (AvgIpc) is 3.30. The minimum atomic E-state index is -0.0283. The highest BCUT2D eigenvalue weighted by Crippen LogP contribution is 2.28. The number of nitrogens with one attached hydrogen (secondary N) is 1. The molecule has 1 aliphatic rings. The molecule has 2 aromatic heterocycles. The lowest BCUT2D eigenvalue weighted by Crippen LogP contribution is -2.35. The molecule has 4 aromatic rings. The molecule has 4 nitrogen and oxygen atoms in total. The summed E-state index contributed by atoms with van der Waals surface area (Å²) in [5, 5.41) is 2.80. The van der Waals surface area contributed by atoms with Gasteiger partial charge >= 0.3 is 0 Å². The van der Waals surface area contributed by atoms with Crippen molar-refractivity contribution in [3.05, 3.63) is 87.3 Å². The third kappa shape index (κ3) is 3.95. The zero-order chi connectivity index (χ0) is 20.5. The number of hydrogen-bond acceptors (Lipinski definition) is 4. The Hall–Kier alpha value is -2.76. The van der Waals surface area contributed by atoms with Crippen molar-refractivity contribution < 1.29 is 0 Å². The second-order valence-electron chi connectivity index (χ2n) is 8.22. The Morgan fingerprint density at radius 3 is 2.97 bits per heavy atom. The Bertz CT molecular complexity index is 1230. The van der Waals surface area contributed by atoms with Gasteiger partial charge in [0.1, 0.15) is 5.82 Å². The van der Waals surface area contributed by atoms with Crippen molar-refractivity contribution in [1.29, 1.82) is 0 Å². The maximum Gasteiger partial charge on any atom is 0.258 e. The Labute approximate surface area is 180 Å². The Morgan fingerprint density at radius 2 is 2.10 bits per heavy atom. The quantitative estimate of drug-likeness (QED) is 0.489. The van der Waals surface area contributed by atoms with Crippen LogP contribution in [0, 0.1) is 6.92 Å². The normalized spacial score (nSPS) is 17.4. The molecule has 0 aliphatic carbocycles. The van der Waals surface area contributed by atoms with Gasteiger partial charge in [-0.05, 0) is 67.1 Å². The van der Waals surface area contributed by atoms with Crippen molar-refractivity contribution in [3.63, 3.8) is 0 Å². The standard InChI is InChI=1S/C25H25N3OS/c1-17-9-10-22-21(13-17)25(29)27-24(26-22)20-7-3-11-28(16-20)15-18-5-2-6-19(14-18)23-8-4-12-30-23/h2,4-6,8-10,12-14,20H,3,7,11,15-16H2,1H3,(H,26,27,29). The smallest absolute Gasteiger partial charge is 0.258 e. The minimum absolute atomic E-state index is 0.0283. The van der Waals surface area contributed by atoms with Gasteiger partial charge in [0.25, 0.3) is 5.56 Å². The zero-order valence-electron chi connectivity index (χ0n) is 17.1. The summed E-state index contributed by atoms with van der Waals surface area (Å²) in [5.74, 6) is 1.09. The molecule has 30 heavy (non-hydrogen) atoms. The van der Waals surface area contributed by atoms with Crippen LogP contribution < -0.4 is 5.56 Å². The van der Waals surface area contributed by atoms with Crippen LogP contribution >= 0.6 is 11.3 Å². The van der Waals surface area contributed by atoms with Gasteiger partial charge in [-0.25, -0.2) is 4.98 Å². The Balaban J connectivity index is 1.35. The van der Waals surface area contributed by atoms with Crippen LogP contribution in [-0.4, -0.2) is 28.0 Å². The van der Waals surface area contributed by atoms with Crippen molar-refractivity contribution in [2.75, 3.05) is 13.1 Å². The first kappa shape index (κ1) is 19.2. The second kappa shape index (κ2) is 8.17. The molecule has 2 aromatic carbocycles. The summed E-state index contributed by atoms with van der Waals surface area (Å²) in [7, 11) is 0. The van der Waals surface area contributed by atoms with Crippen LogP contribution in [-0.2, 0) is 6.54 Å². The van der Waals surface area contributed by atoms with Crippen molar-refractivity contribution in [2.45, 2.75) is 32.2 Å². The second-order valence-corrected chi connectivity index (χ2v) is 9.17. The van der Waals surface area contributed by atoms with Crippen LogP contribution in [0.15, 0.2) is 64.8 Å². The van der Waals surface area contributed by atoms with E-state index < -0.39 is 0 Å². The van der Waals surface area contributed by atoms with E-state index in [1.807, 2.05) is 25.1 Å². The molecule has 0 amide bonds. The maximum atomic E-state index is 12.6. The highest BCUT2D eigenvalue weighted by Gasteiger charge is 2.24. The molecule has 5 heteroatoms. The number of rotatable bonds is 4. The summed E-state index contributed by atoms with van der Waals surface area (Å²) in [4.78, 5) is 24.3. The highest BCUT2D eigenvalue weighted by molar-refractivity contribution is 7.13. The van der Waals surface area contributed by atoms with E-state index in [0.29, 0.717) is 5.39 Å². The monoisotopic (exact) mass is 415 g/mol. The number of H-pyrrole nitrogens is 1. The zero-order valence-corrected chi connectivity index (χ0v) is 17.9. The molecule has 1 fully saturated rings. The molecule has 1 saturated heterocycles. The van der Waals surface area contributed by atoms with Gasteiger partial charge in [0.05, 0.1) is 10.9 Å². The van der Waals surface area contributed by atoms with Gasteiger partial charge in [-0.1, -0.05) is 35.9 Å². The van der Waals surface area contributed by atoms with E-state index >= 15 is 0 Å². The molecule has 3 heterocycles. The molecule has 1 aliphatic heterocycles. The Kier molecular flexibility index (Phi) is 5.23. The van der Waals surface area contributed by atoms with Gasteiger partial charge in [-0.3, -0.25) is 9.69 Å². The first-order chi connectivity index (χ1) is 14.7. The molecule has 0 saturated carbocycles. The largest absolute Gasteiger partial charge is 0.310 e. The fourth-order valence-electron chi connectivity index (χ4n) is 4.41. The van der Waals surface area contributed by atoms with Gasteiger partial charge in [0.15, 0.2) is 0 Å². The van der Waals surface area contributed by atoms with Crippen LogP contribution in [0.1, 0.15) is 35.7 Å². The predicted molar refractivity (Wildman–Crippen MR) is 124 cm³/mol. The maximum absolute atomic E-state index is 12.6. The van der Waals surface area contributed by atoms with E-state index in [1.54, 1.807) is 11.3 Å². The molecular formula is C25H25N3OS. The fraction of sp³-hybridized carbons (Fsp3) is 0.280. The molecular weight excluding hydrogens is 390 g/mol. The molecule has 5 rings (SSSR count). The Morgan fingerprint density at radius 1 is 1.17 bits per heavy atom. The van der Waals surface area contributed by atoms with Crippen molar-refractivity contribution in [1.82, 2.24) is 14.9 Å². The molecule has 1 unspecified atom stereocenters. The lowest BCUT2D eigenvalue weighted by molar-refractivity contribution is 0.196. The first-order valence-electron chi connectivity index (χ1n) is 10.5. The topological polar surface area (TPSA) is 49.0 Å². The van der Waals surface area contributed by atoms with Gasteiger partial charge in [-0.15, -0.1) is 11.3 Å². The van der Waals surface area contributed by atoms with Crippen molar-refractivity contribution in [2.24, 2.45) is 0 Å². The number of likely N-dealkylation sites (tertiary alicyclic amines) is 1. The summed E-state index contributed by atoms with van der Waals surface area (Å²) in [5.41, 5.74) is 4.46. The minimum Gasteiger partial charge on any atom is -0.310 e. The summed E-state index contributed by atoms with van der Waals surface area (Å²) >= 11 is 1.78. The van der Waals surface area contributed by atoms with E-state index in [-0.39, 0.29) is 11.5 Å². The van der Waals surface area contributed by atoms with E-state index in [0.717, 1.165) is 49.4 Å². The number of piperidine rings is 1. The molecule has 0 bridgehead atoms. The molecule has 0 radical (unpaired) electrons. The number of benzene rings is 2. The van der Waals surface area contributed by atoms with E-state index in [2.05, 4.69) is 51.7 Å². The van der Waals surface area contributed by atoms with Crippen molar-refractivity contribution in [3.8, 4) is 10.4 Å². The van der Waals surface area contributed by atoms with Crippen LogP contribution in [0.25, 0.3) is 21.3 Å². The summed E-state index contributed by atoms with van der Waals surface area (Å²) < 4.78 is 0. The van der Waals surface area contributed by atoms with E-state index in [4.69, 9.17) is 4.98 Å². The number of nitrogens with zero attached hydrogens (tertiary/aromatic N) is 2. The lowest BCUT2D eigenvalue weighted by Gasteiger charge is -2.32. The summed E-state index contributed by atoms with van der Waals surface area (Å²) in [6, 6.07) is 19.0. The fourth-order valence-corrected chi connectivity index (χ4v) is 5.13. The van der Waals surface area contributed by atoms with Gasteiger partial charge < -0.3 is 4.98 Å². The number of hydrogen-bond donors (Lipinski definition) is 1. The number of fused-ring (bicyclic) bond motifs is 1. The van der Waals surface area contributed by atoms with Gasteiger partial charge in [-0.2, -0.15) is 0 Å². The SMILES string of the molecule is Cc1ccc2nc(C3CCCN(Cc4cccc(-c5cccs5)c4)C3)[nH]c(=O)c2c1. The summed E-state index contributed by atoms with van der Waals surface area (Å²) in [6.45, 7) is 4.92. The van der Waals surface area contributed by atoms with E-state index in [9.17, 15) is 4.79 Å². The van der Waals surface area contributed by atoms with Crippen LogP contribution in [0.3, 0.4) is 0 Å². The number of thiophene rings is 1. The first-order valence-corrected chi connectivity index (χ1v) is 11.4. The molecule has 1 N–H and O–H groups in total. The number of aromatic nitrogens is 2. The average molecular weight is 416 g/mol.